The van der Waals surface area contributed by atoms with E-state index in [-0.39, 0.29) is 29.9 Å². The number of allylic oxidation sites excluding steroid dienone is 1. The van der Waals surface area contributed by atoms with Crippen molar-refractivity contribution >= 4 is 0 Å². The monoisotopic (exact) mass is 394 g/mol. The van der Waals surface area contributed by atoms with E-state index in [1.807, 2.05) is 0 Å². The molecule has 0 amide bonds. The fourth-order valence-corrected chi connectivity index (χ4v) is 4.95. The number of halogens is 3. The molecule has 1 aliphatic carbocycles. The maximum Gasteiger partial charge on any atom is 0.449 e. The summed E-state index contributed by atoms with van der Waals surface area (Å²) in [5, 5.41) is 0. The summed E-state index contributed by atoms with van der Waals surface area (Å²) in [7, 11) is 1.36. The number of hydrogen-bond donors (Lipinski definition) is 0. The van der Waals surface area contributed by atoms with Crippen LogP contribution in [0.5, 0.6) is 0 Å². The molecule has 0 aromatic heterocycles. The molecule has 1 saturated heterocycles. The summed E-state index contributed by atoms with van der Waals surface area (Å²) in [6.07, 6.45) is -2.75. The Labute approximate surface area is 158 Å². The van der Waals surface area contributed by atoms with E-state index >= 15 is 0 Å². The highest BCUT2D eigenvalue weighted by atomic mass is 19.4. The molecule has 0 bridgehead atoms. The van der Waals surface area contributed by atoms with Gasteiger partial charge in [-0.3, -0.25) is 0 Å². The Morgan fingerprint density at radius 1 is 1.22 bits per heavy atom. The molecule has 0 N–H and O–H groups in total. The number of ether oxygens (including phenoxy) is 3. The van der Waals surface area contributed by atoms with Gasteiger partial charge in [0.15, 0.2) is 0 Å². The van der Waals surface area contributed by atoms with E-state index in [0.29, 0.717) is 25.4 Å². The van der Waals surface area contributed by atoms with Gasteiger partial charge in [0, 0.05) is 24.5 Å². The highest BCUT2D eigenvalue weighted by molar-refractivity contribution is 5.23. The molecule has 1 saturated carbocycles. The van der Waals surface area contributed by atoms with Crippen molar-refractivity contribution in [2.75, 3.05) is 20.3 Å². The average Bonchev–Trinajstić information content (AvgIpc) is 2.73. The molecule has 0 spiro atoms. The third-order valence-electron chi connectivity index (χ3n) is 6.19. The molecule has 27 heavy (non-hydrogen) atoms. The minimum absolute atomic E-state index is 0.0633. The molecule has 1 unspecified atom stereocenters. The van der Waals surface area contributed by atoms with Gasteiger partial charge < -0.3 is 14.2 Å². The van der Waals surface area contributed by atoms with Crippen LogP contribution in [0.1, 0.15) is 46.5 Å². The van der Waals surface area contributed by atoms with Gasteiger partial charge in [0.05, 0.1) is 13.7 Å². The van der Waals surface area contributed by atoms with Gasteiger partial charge in [-0.25, -0.2) is 9.78 Å². The Hall–Kier alpha value is -0.830. The van der Waals surface area contributed by atoms with E-state index in [1.165, 1.54) is 7.11 Å². The SMILES string of the molecule is CCOCC1=C(C(F)(F)F)O[C@@H]2O[C@@](C)(OOC)CC[C@@H]3C2[C@H]1CC[C@H]3C. The van der Waals surface area contributed by atoms with Crippen molar-refractivity contribution in [3.05, 3.63) is 11.3 Å². The zero-order valence-corrected chi connectivity index (χ0v) is 16.3. The molecule has 0 aromatic carbocycles. The Balaban J connectivity index is 2.02. The molecule has 0 aromatic rings. The maximum absolute atomic E-state index is 13.8. The molecule has 8 heteroatoms. The van der Waals surface area contributed by atoms with Crippen LogP contribution in [0, 0.1) is 23.7 Å². The fourth-order valence-electron chi connectivity index (χ4n) is 4.95. The van der Waals surface area contributed by atoms with E-state index < -0.39 is 24.0 Å². The summed E-state index contributed by atoms with van der Waals surface area (Å²) < 4.78 is 58.1. The summed E-state index contributed by atoms with van der Waals surface area (Å²) in [4.78, 5) is 10.1. The maximum atomic E-state index is 13.8. The average molecular weight is 394 g/mol. The second kappa shape index (κ2) is 7.89. The van der Waals surface area contributed by atoms with Gasteiger partial charge in [-0.15, -0.1) is 0 Å². The lowest BCUT2D eigenvalue weighted by molar-refractivity contribution is -0.438. The Morgan fingerprint density at radius 3 is 2.59 bits per heavy atom. The zero-order chi connectivity index (χ0) is 19.8. The number of hydrogen-bond acceptors (Lipinski definition) is 5. The van der Waals surface area contributed by atoms with Gasteiger partial charge in [0.2, 0.25) is 17.8 Å². The first kappa shape index (κ1) is 20.9. The van der Waals surface area contributed by atoms with Crippen molar-refractivity contribution < 1.29 is 37.2 Å². The Morgan fingerprint density at radius 2 is 1.96 bits per heavy atom. The first-order chi connectivity index (χ1) is 12.7. The fraction of sp³-hybridized carbons (Fsp3) is 0.895. The van der Waals surface area contributed by atoms with Gasteiger partial charge in [-0.1, -0.05) is 6.92 Å². The first-order valence-electron chi connectivity index (χ1n) is 9.64. The van der Waals surface area contributed by atoms with Crippen LogP contribution >= 0.6 is 0 Å². The molecular formula is C19H29F3O5. The predicted octanol–water partition coefficient (Wildman–Crippen LogP) is 4.58. The lowest BCUT2D eigenvalue weighted by atomic mass is 9.62. The van der Waals surface area contributed by atoms with Crippen LogP contribution < -0.4 is 0 Å². The molecule has 2 aliphatic heterocycles. The van der Waals surface area contributed by atoms with Crippen molar-refractivity contribution in [3.8, 4) is 0 Å². The van der Waals surface area contributed by atoms with Crippen LogP contribution in [0.25, 0.3) is 0 Å². The Kier molecular flexibility index (Phi) is 6.11. The highest BCUT2D eigenvalue weighted by Crippen LogP contribution is 2.54. The van der Waals surface area contributed by atoms with E-state index in [1.54, 1.807) is 13.8 Å². The summed E-state index contributed by atoms with van der Waals surface area (Å²) in [5.41, 5.74) is 0.224. The molecule has 3 aliphatic rings. The molecular weight excluding hydrogens is 365 g/mol. The summed E-state index contributed by atoms with van der Waals surface area (Å²) in [5.74, 6) is -1.95. The van der Waals surface area contributed by atoms with Crippen molar-refractivity contribution in [1.29, 1.82) is 0 Å². The largest absolute Gasteiger partial charge is 0.459 e. The summed E-state index contributed by atoms with van der Waals surface area (Å²) in [6, 6.07) is 0. The van der Waals surface area contributed by atoms with Crippen LogP contribution in [-0.2, 0) is 24.0 Å². The summed E-state index contributed by atoms with van der Waals surface area (Å²) >= 11 is 0. The van der Waals surface area contributed by atoms with Gasteiger partial charge >= 0.3 is 6.18 Å². The van der Waals surface area contributed by atoms with Crippen LogP contribution in [0.4, 0.5) is 13.2 Å². The van der Waals surface area contributed by atoms with Crippen molar-refractivity contribution in [3.63, 3.8) is 0 Å². The second-order valence-electron chi connectivity index (χ2n) is 7.92. The third-order valence-corrected chi connectivity index (χ3v) is 6.19. The molecule has 6 atom stereocenters. The molecule has 2 heterocycles. The molecule has 0 radical (unpaired) electrons. The van der Waals surface area contributed by atoms with Gasteiger partial charge in [-0.05, 0) is 50.9 Å². The topological polar surface area (TPSA) is 46.2 Å². The zero-order valence-electron chi connectivity index (χ0n) is 16.3. The Bertz CT molecular complexity index is 564. The standard InChI is InChI=1S/C19H29F3O5/c1-5-24-10-14-13-7-6-11(2)12-8-9-18(3,27-23-4)26-17(15(12)13)25-16(14)19(20,21)22/h11-13,15,17H,5-10H2,1-4H3/t11-,12+,13+,15?,17-,18+/m1/s1. The van der Waals surface area contributed by atoms with Gasteiger partial charge in [0.1, 0.15) is 0 Å². The summed E-state index contributed by atoms with van der Waals surface area (Å²) in [6.45, 7) is 5.90. The number of rotatable bonds is 5. The van der Waals surface area contributed by atoms with E-state index in [0.717, 1.165) is 12.8 Å². The lowest BCUT2D eigenvalue weighted by Crippen LogP contribution is -2.49. The third kappa shape index (κ3) is 4.13. The minimum Gasteiger partial charge on any atom is -0.459 e. The predicted molar refractivity (Wildman–Crippen MR) is 90.1 cm³/mol. The molecule has 3 rings (SSSR count). The van der Waals surface area contributed by atoms with Crippen LogP contribution in [-0.4, -0.2) is 38.6 Å². The van der Waals surface area contributed by atoms with E-state index in [9.17, 15) is 13.2 Å². The smallest absolute Gasteiger partial charge is 0.449 e. The minimum atomic E-state index is -4.59. The first-order valence-corrected chi connectivity index (χ1v) is 9.64. The van der Waals surface area contributed by atoms with Crippen LogP contribution in [0.3, 0.4) is 0 Å². The van der Waals surface area contributed by atoms with E-state index in [2.05, 4.69) is 6.92 Å². The van der Waals surface area contributed by atoms with Crippen LogP contribution in [0.15, 0.2) is 11.3 Å². The lowest BCUT2D eigenvalue weighted by Gasteiger charge is -2.48. The molecule has 5 nitrogen and oxygen atoms in total. The van der Waals surface area contributed by atoms with Gasteiger partial charge in [-0.2, -0.15) is 13.2 Å². The normalized spacial score (nSPS) is 39.6. The van der Waals surface area contributed by atoms with Gasteiger partial charge in [0.25, 0.3) is 0 Å². The quantitative estimate of drug-likeness (QED) is 0.505. The van der Waals surface area contributed by atoms with Crippen molar-refractivity contribution in [2.45, 2.75) is 64.7 Å². The highest BCUT2D eigenvalue weighted by Gasteiger charge is 2.56. The molecule has 156 valence electrons. The number of alkyl halides is 3. The van der Waals surface area contributed by atoms with Crippen molar-refractivity contribution in [1.82, 2.24) is 0 Å². The second-order valence-corrected chi connectivity index (χ2v) is 7.92. The van der Waals surface area contributed by atoms with Crippen molar-refractivity contribution in [2.24, 2.45) is 23.7 Å². The molecule has 2 fully saturated rings. The van der Waals surface area contributed by atoms with E-state index in [4.69, 9.17) is 24.0 Å². The van der Waals surface area contributed by atoms with Crippen LogP contribution in [0.2, 0.25) is 0 Å².